The molecular formula is C28H22ClNO7. The van der Waals surface area contributed by atoms with Crippen LogP contribution in [0.2, 0.25) is 5.02 Å². The number of imide groups is 1. The Balaban J connectivity index is 1.45. The summed E-state index contributed by atoms with van der Waals surface area (Å²) < 4.78 is 10.3. The van der Waals surface area contributed by atoms with E-state index in [1.54, 1.807) is 12.1 Å². The first-order chi connectivity index (χ1) is 17.7. The van der Waals surface area contributed by atoms with E-state index in [4.69, 9.17) is 21.1 Å². The molecule has 0 saturated carbocycles. The number of amides is 2. The molecule has 0 fully saturated rings. The molecule has 37 heavy (non-hydrogen) atoms. The molecule has 3 aromatic rings. The van der Waals surface area contributed by atoms with Crippen LogP contribution in [0, 0.1) is 5.92 Å². The summed E-state index contributed by atoms with van der Waals surface area (Å²) >= 11 is 5.81. The number of ketones is 1. The summed E-state index contributed by atoms with van der Waals surface area (Å²) in [5.41, 5.74) is 1.07. The number of esters is 2. The Kier molecular flexibility index (Phi) is 7.50. The van der Waals surface area contributed by atoms with Crippen molar-refractivity contribution >= 4 is 46.8 Å². The Morgan fingerprint density at radius 3 is 1.97 bits per heavy atom. The van der Waals surface area contributed by atoms with Gasteiger partial charge in [0.05, 0.1) is 34.5 Å². The van der Waals surface area contributed by atoms with E-state index in [0.717, 1.165) is 4.90 Å². The largest absolute Gasteiger partial charge is 0.462 e. The zero-order chi connectivity index (χ0) is 26.7. The number of ether oxygens (including phenoxy) is 2. The van der Waals surface area contributed by atoms with Crippen molar-refractivity contribution < 1.29 is 33.4 Å². The van der Waals surface area contributed by atoms with E-state index in [1.807, 2.05) is 13.8 Å². The Hall–Kier alpha value is -4.30. The van der Waals surface area contributed by atoms with Gasteiger partial charge in [-0.25, -0.2) is 14.5 Å². The lowest BCUT2D eigenvalue weighted by atomic mass is 10.1. The Bertz CT molecular complexity index is 1400. The van der Waals surface area contributed by atoms with E-state index in [9.17, 15) is 24.0 Å². The highest BCUT2D eigenvalue weighted by Crippen LogP contribution is 2.29. The molecule has 0 atom stereocenters. The van der Waals surface area contributed by atoms with Crippen molar-refractivity contribution in [2.75, 3.05) is 18.1 Å². The van der Waals surface area contributed by atoms with Crippen molar-refractivity contribution in [3.05, 3.63) is 99.6 Å². The van der Waals surface area contributed by atoms with Crippen LogP contribution in [0.4, 0.5) is 5.69 Å². The first-order valence-electron chi connectivity index (χ1n) is 11.4. The van der Waals surface area contributed by atoms with Crippen LogP contribution in [0.15, 0.2) is 66.7 Å². The van der Waals surface area contributed by atoms with E-state index >= 15 is 0 Å². The third kappa shape index (κ3) is 5.59. The zero-order valence-corrected chi connectivity index (χ0v) is 20.8. The molecule has 0 aliphatic carbocycles. The lowest BCUT2D eigenvalue weighted by molar-refractivity contribution is 0.0457. The van der Waals surface area contributed by atoms with Gasteiger partial charge in [0.1, 0.15) is 0 Å². The zero-order valence-electron chi connectivity index (χ0n) is 20.0. The topological polar surface area (TPSA) is 107 Å². The predicted molar refractivity (Wildman–Crippen MR) is 135 cm³/mol. The van der Waals surface area contributed by atoms with Crippen molar-refractivity contribution in [1.82, 2.24) is 0 Å². The second-order valence-corrected chi connectivity index (χ2v) is 9.19. The average molecular weight is 520 g/mol. The van der Waals surface area contributed by atoms with Crippen LogP contribution in [0.5, 0.6) is 0 Å². The van der Waals surface area contributed by atoms with Crippen LogP contribution in [-0.4, -0.2) is 42.7 Å². The normalized spacial score (nSPS) is 12.5. The number of nitrogens with zero attached hydrogens (tertiary/aromatic N) is 1. The molecule has 0 spiro atoms. The van der Waals surface area contributed by atoms with Gasteiger partial charge in [0.2, 0.25) is 0 Å². The molecule has 4 rings (SSSR count). The van der Waals surface area contributed by atoms with Gasteiger partial charge in [0, 0.05) is 10.6 Å². The average Bonchev–Trinajstić information content (AvgIpc) is 3.15. The number of carbonyl (C=O) groups is 5. The summed E-state index contributed by atoms with van der Waals surface area (Å²) in [5.74, 6) is -2.73. The van der Waals surface area contributed by atoms with Crippen molar-refractivity contribution in [1.29, 1.82) is 0 Å². The Morgan fingerprint density at radius 1 is 0.757 bits per heavy atom. The molecule has 1 heterocycles. The van der Waals surface area contributed by atoms with E-state index in [0.29, 0.717) is 16.1 Å². The second-order valence-electron chi connectivity index (χ2n) is 8.75. The number of anilines is 1. The van der Waals surface area contributed by atoms with Gasteiger partial charge >= 0.3 is 11.9 Å². The smallest absolute Gasteiger partial charge is 0.338 e. The molecule has 8 nitrogen and oxygen atoms in total. The monoisotopic (exact) mass is 519 g/mol. The highest BCUT2D eigenvalue weighted by Gasteiger charge is 2.37. The Morgan fingerprint density at radius 2 is 1.32 bits per heavy atom. The fourth-order valence-electron chi connectivity index (χ4n) is 3.61. The van der Waals surface area contributed by atoms with Crippen LogP contribution in [-0.2, 0) is 9.47 Å². The van der Waals surface area contributed by atoms with E-state index in [-0.39, 0.29) is 34.9 Å². The number of benzene rings is 3. The standard InChI is InChI=1S/C28H22ClNO7/c1-16(2)14-36-27(34)18-5-10-21(11-6-18)30-25(32)22-12-7-19(13-23(22)26(30)33)28(35)37-15-24(31)17-3-8-20(29)9-4-17/h3-13,16H,14-15H2,1-2H3. The predicted octanol–water partition coefficient (Wildman–Crippen LogP) is 4.99. The molecular weight excluding hydrogens is 498 g/mol. The number of hydrogen-bond acceptors (Lipinski definition) is 7. The van der Waals surface area contributed by atoms with Crippen LogP contribution >= 0.6 is 11.6 Å². The first kappa shape index (κ1) is 25.8. The number of halogens is 1. The highest BCUT2D eigenvalue weighted by molar-refractivity contribution is 6.34. The van der Waals surface area contributed by atoms with E-state index < -0.39 is 36.1 Å². The summed E-state index contributed by atoms with van der Waals surface area (Å²) in [6.45, 7) is 3.62. The van der Waals surface area contributed by atoms with Crippen LogP contribution in [0.25, 0.3) is 0 Å². The van der Waals surface area contributed by atoms with Gasteiger partial charge in [0.15, 0.2) is 12.4 Å². The lowest BCUT2D eigenvalue weighted by Gasteiger charge is -2.14. The number of Topliss-reactive ketones (excluding diaryl/α,β-unsaturated/α-hetero) is 1. The molecule has 0 unspecified atom stereocenters. The number of fused-ring (bicyclic) bond motifs is 1. The van der Waals surface area contributed by atoms with Gasteiger partial charge in [-0.15, -0.1) is 0 Å². The van der Waals surface area contributed by atoms with Crippen molar-refractivity contribution in [3.8, 4) is 0 Å². The summed E-state index contributed by atoms with van der Waals surface area (Å²) in [6.07, 6.45) is 0. The maximum atomic E-state index is 13.1. The van der Waals surface area contributed by atoms with E-state index in [1.165, 1.54) is 54.6 Å². The van der Waals surface area contributed by atoms with Crippen LogP contribution in [0.1, 0.15) is 65.6 Å². The molecule has 0 N–H and O–H groups in total. The van der Waals surface area contributed by atoms with Gasteiger partial charge in [-0.3, -0.25) is 14.4 Å². The van der Waals surface area contributed by atoms with Gasteiger partial charge in [-0.05, 0) is 72.6 Å². The van der Waals surface area contributed by atoms with Crippen molar-refractivity contribution in [2.24, 2.45) is 5.92 Å². The summed E-state index contributed by atoms with van der Waals surface area (Å²) in [7, 11) is 0. The minimum absolute atomic E-state index is 0.0221. The second kappa shape index (κ2) is 10.8. The number of rotatable bonds is 8. The van der Waals surface area contributed by atoms with E-state index in [2.05, 4.69) is 0 Å². The van der Waals surface area contributed by atoms with Gasteiger partial charge < -0.3 is 9.47 Å². The SMILES string of the molecule is CC(C)COC(=O)c1ccc(N2C(=O)c3ccc(C(=O)OCC(=O)c4ccc(Cl)cc4)cc3C2=O)cc1. The first-order valence-corrected chi connectivity index (χ1v) is 11.8. The summed E-state index contributed by atoms with van der Waals surface area (Å²) in [5, 5.41) is 0.472. The molecule has 188 valence electrons. The summed E-state index contributed by atoms with van der Waals surface area (Å²) in [6, 6.07) is 16.0. The lowest BCUT2D eigenvalue weighted by Crippen LogP contribution is -2.29. The number of carbonyl (C=O) groups excluding carboxylic acids is 5. The van der Waals surface area contributed by atoms with Gasteiger partial charge in [-0.2, -0.15) is 0 Å². The van der Waals surface area contributed by atoms with Crippen LogP contribution < -0.4 is 4.90 Å². The third-order valence-corrected chi connectivity index (χ3v) is 5.78. The maximum absolute atomic E-state index is 13.1. The molecule has 0 radical (unpaired) electrons. The van der Waals surface area contributed by atoms with Crippen LogP contribution in [0.3, 0.4) is 0 Å². The molecule has 1 aliphatic heterocycles. The highest BCUT2D eigenvalue weighted by atomic mass is 35.5. The third-order valence-electron chi connectivity index (χ3n) is 5.53. The quantitative estimate of drug-likeness (QED) is 0.234. The molecule has 3 aromatic carbocycles. The number of hydrogen-bond donors (Lipinski definition) is 0. The van der Waals surface area contributed by atoms with Gasteiger partial charge in [-0.1, -0.05) is 25.4 Å². The maximum Gasteiger partial charge on any atom is 0.338 e. The molecule has 0 bridgehead atoms. The fourth-order valence-corrected chi connectivity index (χ4v) is 3.73. The fraction of sp³-hybridized carbons (Fsp3) is 0.179. The van der Waals surface area contributed by atoms with Crippen molar-refractivity contribution in [3.63, 3.8) is 0 Å². The molecule has 9 heteroatoms. The Labute approximate surface area is 217 Å². The summed E-state index contributed by atoms with van der Waals surface area (Å²) in [4.78, 5) is 63.9. The molecule has 0 saturated heterocycles. The molecule has 1 aliphatic rings. The minimum Gasteiger partial charge on any atom is -0.462 e. The van der Waals surface area contributed by atoms with Gasteiger partial charge in [0.25, 0.3) is 11.8 Å². The molecule has 2 amide bonds. The molecule has 0 aromatic heterocycles. The minimum atomic E-state index is -0.812. The van der Waals surface area contributed by atoms with Crippen molar-refractivity contribution in [2.45, 2.75) is 13.8 Å².